The summed E-state index contributed by atoms with van der Waals surface area (Å²) in [5, 5.41) is 0. The molecule has 0 saturated carbocycles. The molecule has 0 radical (unpaired) electrons. The first kappa shape index (κ1) is 15.9. The largest absolute Gasteiger partial charge is 0.497 e. The summed E-state index contributed by atoms with van der Waals surface area (Å²) in [4.78, 5) is 0. The van der Waals surface area contributed by atoms with E-state index < -0.39 is 11.6 Å². The van der Waals surface area contributed by atoms with Gasteiger partial charge in [0.15, 0.2) is 0 Å². The van der Waals surface area contributed by atoms with Gasteiger partial charge in [-0.2, -0.15) is 0 Å². The number of rotatable bonds is 5. The molecule has 1 atom stereocenters. The molecule has 1 unspecified atom stereocenters. The van der Waals surface area contributed by atoms with Gasteiger partial charge in [0.1, 0.15) is 17.4 Å². The Morgan fingerprint density at radius 1 is 1.10 bits per heavy atom. The van der Waals surface area contributed by atoms with Crippen LogP contribution in [0.5, 0.6) is 5.75 Å². The van der Waals surface area contributed by atoms with Crippen molar-refractivity contribution in [1.82, 2.24) is 0 Å². The van der Waals surface area contributed by atoms with Crippen LogP contribution in [0.3, 0.4) is 0 Å². The smallest absolute Gasteiger partial charge is 0.129 e. The van der Waals surface area contributed by atoms with Crippen LogP contribution in [0.1, 0.15) is 11.1 Å². The van der Waals surface area contributed by atoms with Crippen molar-refractivity contribution in [1.29, 1.82) is 0 Å². The molecular formula is C16H16BrF2NO. The van der Waals surface area contributed by atoms with Crippen LogP contribution in [0.15, 0.2) is 40.9 Å². The zero-order valence-electron chi connectivity index (χ0n) is 11.6. The second-order valence-corrected chi connectivity index (χ2v) is 5.72. The number of hydrogen-bond donors (Lipinski definition) is 1. The van der Waals surface area contributed by atoms with E-state index in [0.717, 1.165) is 21.9 Å². The summed E-state index contributed by atoms with van der Waals surface area (Å²) in [6.45, 7) is 0. The molecule has 0 aromatic heterocycles. The van der Waals surface area contributed by atoms with E-state index in [1.807, 2.05) is 18.2 Å². The monoisotopic (exact) mass is 355 g/mol. The normalized spacial score (nSPS) is 12.2. The van der Waals surface area contributed by atoms with Crippen molar-refractivity contribution >= 4 is 15.9 Å². The second kappa shape index (κ2) is 7.00. The maximum Gasteiger partial charge on any atom is 0.129 e. The van der Waals surface area contributed by atoms with Crippen LogP contribution < -0.4 is 10.5 Å². The van der Waals surface area contributed by atoms with E-state index in [4.69, 9.17) is 10.5 Å². The predicted molar refractivity (Wildman–Crippen MR) is 82.4 cm³/mol. The van der Waals surface area contributed by atoms with Crippen LogP contribution in [0.2, 0.25) is 0 Å². The van der Waals surface area contributed by atoms with Crippen LogP contribution >= 0.6 is 15.9 Å². The lowest BCUT2D eigenvalue weighted by atomic mass is 9.99. The average Bonchev–Trinajstić information content (AvgIpc) is 2.44. The third-order valence-corrected chi connectivity index (χ3v) is 4.01. The number of hydrogen-bond acceptors (Lipinski definition) is 2. The molecule has 0 fully saturated rings. The van der Waals surface area contributed by atoms with Gasteiger partial charge in [-0.25, -0.2) is 8.78 Å². The van der Waals surface area contributed by atoms with Gasteiger partial charge in [0.2, 0.25) is 0 Å². The van der Waals surface area contributed by atoms with Crippen molar-refractivity contribution < 1.29 is 13.5 Å². The molecule has 5 heteroatoms. The first-order valence-electron chi connectivity index (χ1n) is 6.51. The lowest BCUT2D eigenvalue weighted by Gasteiger charge is -2.14. The van der Waals surface area contributed by atoms with Crippen molar-refractivity contribution in [2.75, 3.05) is 7.11 Å². The topological polar surface area (TPSA) is 35.2 Å². The maximum absolute atomic E-state index is 13.6. The SMILES string of the molecule is COc1ccc(Br)c(CC(N)Cc2ccc(F)cc2F)c1. The zero-order valence-corrected chi connectivity index (χ0v) is 13.2. The Morgan fingerprint density at radius 3 is 2.48 bits per heavy atom. The Morgan fingerprint density at radius 2 is 1.81 bits per heavy atom. The third-order valence-electron chi connectivity index (χ3n) is 3.23. The highest BCUT2D eigenvalue weighted by atomic mass is 79.9. The Balaban J connectivity index is 2.09. The molecule has 2 aromatic carbocycles. The average molecular weight is 356 g/mol. The van der Waals surface area contributed by atoms with E-state index in [9.17, 15) is 8.78 Å². The number of methoxy groups -OCH3 is 1. The zero-order chi connectivity index (χ0) is 15.4. The first-order valence-corrected chi connectivity index (χ1v) is 7.31. The van der Waals surface area contributed by atoms with Gasteiger partial charge in [-0.3, -0.25) is 0 Å². The van der Waals surface area contributed by atoms with Gasteiger partial charge < -0.3 is 10.5 Å². The number of halogens is 3. The fourth-order valence-electron chi connectivity index (χ4n) is 2.16. The Labute approximate surface area is 131 Å². The standard InChI is InChI=1S/C16H16BrF2NO/c1-21-14-4-5-15(17)11(8-14)7-13(20)6-10-2-3-12(18)9-16(10)19/h2-5,8-9,13H,6-7,20H2,1H3. The Hall–Kier alpha value is -1.46. The Kier molecular flexibility index (Phi) is 5.31. The molecule has 112 valence electrons. The fourth-order valence-corrected chi connectivity index (χ4v) is 2.57. The van der Waals surface area contributed by atoms with E-state index >= 15 is 0 Å². The highest BCUT2D eigenvalue weighted by molar-refractivity contribution is 9.10. The van der Waals surface area contributed by atoms with Crippen molar-refractivity contribution in [2.24, 2.45) is 5.73 Å². The van der Waals surface area contributed by atoms with Crippen molar-refractivity contribution in [2.45, 2.75) is 18.9 Å². The molecule has 2 aromatic rings. The van der Waals surface area contributed by atoms with Gasteiger partial charge in [-0.1, -0.05) is 22.0 Å². The first-order chi connectivity index (χ1) is 9.99. The highest BCUT2D eigenvalue weighted by Gasteiger charge is 2.12. The molecule has 0 aliphatic rings. The number of benzene rings is 2. The number of nitrogens with two attached hydrogens (primary N) is 1. The molecule has 2 rings (SSSR count). The summed E-state index contributed by atoms with van der Waals surface area (Å²) in [6.07, 6.45) is 0.907. The summed E-state index contributed by atoms with van der Waals surface area (Å²) in [5.74, 6) is -0.399. The van der Waals surface area contributed by atoms with E-state index in [-0.39, 0.29) is 6.04 Å². The molecular weight excluding hydrogens is 340 g/mol. The molecule has 0 spiro atoms. The van der Waals surface area contributed by atoms with Crippen LogP contribution in [-0.2, 0) is 12.8 Å². The molecule has 21 heavy (non-hydrogen) atoms. The van der Waals surface area contributed by atoms with Gasteiger partial charge >= 0.3 is 0 Å². The second-order valence-electron chi connectivity index (χ2n) is 4.86. The van der Waals surface area contributed by atoms with Gasteiger partial charge in [-0.05, 0) is 48.2 Å². The molecule has 0 saturated heterocycles. The summed E-state index contributed by atoms with van der Waals surface area (Å²) in [7, 11) is 1.60. The predicted octanol–water partition coefficient (Wildman–Crippen LogP) is 3.85. The van der Waals surface area contributed by atoms with E-state index in [2.05, 4.69) is 15.9 Å². The maximum atomic E-state index is 13.6. The lowest BCUT2D eigenvalue weighted by Crippen LogP contribution is -2.26. The van der Waals surface area contributed by atoms with Gasteiger partial charge in [0, 0.05) is 16.6 Å². The summed E-state index contributed by atoms with van der Waals surface area (Å²) < 4.78 is 32.6. The molecule has 0 aliphatic carbocycles. The molecule has 0 aliphatic heterocycles. The van der Waals surface area contributed by atoms with Crippen molar-refractivity contribution in [3.05, 3.63) is 63.6 Å². The minimum Gasteiger partial charge on any atom is -0.497 e. The minimum atomic E-state index is -0.583. The molecule has 0 amide bonds. The number of ether oxygens (including phenoxy) is 1. The summed E-state index contributed by atoms with van der Waals surface area (Å²) in [5.41, 5.74) is 7.49. The van der Waals surface area contributed by atoms with E-state index in [0.29, 0.717) is 18.4 Å². The Bertz CT molecular complexity index is 634. The van der Waals surface area contributed by atoms with Crippen LogP contribution in [0.4, 0.5) is 8.78 Å². The van der Waals surface area contributed by atoms with Gasteiger partial charge in [0.25, 0.3) is 0 Å². The van der Waals surface area contributed by atoms with Gasteiger partial charge in [0.05, 0.1) is 7.11 Å². The third kappa shape index (κ3) is 4.25. The van der Waals surface area contributed by atoms with E-state index in [1.165, 1.54) is 12.1 Å². The highest BCUT2D eigenvalue weighted by Crippen LogP contribution is 2.24. The lowest BCUT2D eigenvalue weighted by molar-refractivity contribution is 0.414. The van der Waals surface area contributed by atoms with E-state index in [1.54, 1.807) is 7.11 Å². The molecule has 2 nitrogen and oxygen atoms in total. The van der Waals surface area contributed by atoms with Crippen molar-refractivity contribution in [3.63, 3.8) is 0 Å². The van der Waals surface area contributed by atoms with Gasteiger partial charge in [-0.15, -0.1) is 0 Å². The van der Waals surface area contributed by atoms with Crippen molar-refractivity contribution in [3.8, 4) is 5.75 Å². The minimum absolute atomic E-state index is 0.270. The quantitative estimate of drug-likeness (QED) is 0.883. The van der Waals surface area contributed by atoms with Crippen LogP contribution in [-0.4, -0.2) is 13.2 Å². The summed E-state index contributed by atoms with van der Waals surface area (Å²) in [6, 6.07) is 8.91. The van der Waals surface area contributed by atoms with Crippen LogP contribution in [0, 0.1) is 11.6 Å². The molecule has 2 N–H and O–H groups in total. The molecule has 0 heterocycles. The molecule has 0 bridgehead atoms. The fraction of sp³-hybridized carbons (Fsp3) is 0.250. The van der Waals surface area contributed by atoms with Crippen LogP contribution in [0.25, 0.3) is 0 Å². The summed E-state index contributed by atoms with van der Waals surface area (Å²) >= 11 is 3.46.